The molecule has 0 radical (unpaired) electrons. The van der Waals surface area contributed by atoms with Gasteiger partial charge in [0, 0.05) is 11.8 Å². The highest BCUT2D eigenvalue weighted by Crippen LogP contribution is 2.29. The van der Waals surface area contributed by atoms with Crippen molar-refractivity contribution in [2.75, 3.05) is 11.6 Å². The van der Waals surface area contributed by atoms with E-state index in [2.05, 4.69) is 5.32 Å². The lowest BCUT2D eigenvalue weighted by Gasteiger charge is -2.12. The number of amides is 1. The number of nitrogens with one attached hydrogen (secondary N) is 1. The molecule has 0 unspecified atom stereocenters. The molecule has 26 heavy (non-hydrogen) atoms. The summed E-state index contributed by atoms with van der Waals surface area (Å²) < 4.78 is 28.8. The van der Waals surface area contributed by atoms with Gasteiger partial charge in [0.25, 0.3) is 5.91 Å². The second-order valence-corrected chi connectivity index (χ2v) is 7.68. The van der Waals surface area contributed by atoms with Crippen molar-refractivity contribution >= 4 is 21.4 Å². The number of hydrogen-bond acceptors (Lipinski definition) is 4. The molecule has 1 amide bonds. The monoisotopic (exact) mass is 367 g/mol. The van der Waals surface area contributed by atoms with E-state index in [4.69, 9.17) is 4.74 Å². The zero-order chi connectivity index (χ0) is 18.6. The number of sulfone groups is 1. The van der Waals surface area contributed by atoms with Crippen LogP contribution in [0.5, 0.6) is 11.5 Å². The molecule has 0 atom stereocenters. The molecule has 3 rings (SSSR count). The highest BCUT2D eigenvalue weighted by Gasteiger charge is 2.12. The maximum absolute atomic E-state index is 12.5. The second kappa shape index (κ2) is 7.41. The highest BCUT2D eigenvalue weighted by atomic mass is 32.2. The summed E-state index contributed by atoms with van der Waals surface area (Å²) in [5.74, 6) is 0.820. The Kier molecular flexibility index (Phi) is 5.04. The van der Waals surface area contributed by atoms with E-state index in [1.54, 1.807) is 18.2 Å². The van der Waals surface area contributed by atoms with Gasteiger partial charge in [-0.2, -0.15) is 0 Å². The lowest BCUT2D eigenvalue weighted by atomic mass is 10.2. The van der Waals surface area contributed by atoms with Crippen LogP contribution in [0.3, 0.4) is 0 Å². The highest BCUT2D eigenvalue weighted by molar-refractivity contribution is 7.90. The van der Waals surface area contributed by atoms with Crippen molar-refractivity contribution < 1.29 is 17.9 Å². The number of carbonyl (C=O) groups excluding carboxylic acids is 1. The molecule has 132 valence electrons. The molecular formula is C20H17NO4S. The van der Waals surface area contributed by atoms with E-state index in [0.29, 0.717) is 22.7 Å². The Balaban J connectivity index is 1.79. The Labute approximate surface area is 152 Å². The molecule has 0 spiro atoms. The number of benzene rings is 3. The predicted molar refractivity (Wildman–Crippen MR) is 100 cm³/mol. The van der Waals surface area contributed by atoms with Crippen molar-refractivity contribution in [3.05, 3.63) is 84.4 Å². The van der Waals surface area contributed by atoms with E-state index < -0.39 is 9.84 Å². The van der Waals surface area contributed by atoms with Crippen LogP contribution in [0.1, 0.15) is 10.4 Å². The van der Waals surface area contributed by atoms with E-state index in [9.17, 15) is 13.2 Å². The van der Waals surface area contributed by atoms with Crippen molar-refractivity contribution in [3.8, 4) is 11.5 Å². The fraction of sp³-hybridized carbons (Fsp3) is 0.0500. The molecule has 1 N–H and O–H groups in total. The van der Waals surface area contributed by atoms with Crippen LogP contribution in [0.2, 0.25) is 0 Å². The lowest BCUT2D eigenvalue weighted by Crippen LogP contribution is -2.12. The van der Waals surface area contributed by atoms with Gasteiger partial charge in [-0.1, -0.05) is 30.3 Å². The maximum Gasteiger partial charge on any atom is 0.255 e. The van der Waals surface area contributed by atoms with E-state index >= 15 is 0 Å². The van der Waals surface area contributed by atoms with Crippen molar-refractivity contribution in [2.24, 2.45) is 0 Å². The van der Waals surface area contributed by atoms with Crippen LogP contribution in [0.15, 0.2) is 83.8 Å². The molecule has 0 heterocycles. The van der Waals surface area contributed by atoms with Crippen LogP contribution in [-0.2, 0) is 9.84 Å². The minimum atomic E-state index is -3.30. The third-order valence-corrected chi connectivity index (χ3v) is 4.78. The van der Waals surface area contributed by atoms with Gasteiger partial charge in [-0.3, -0.25) is 4.79 Å². The van der Waals surface area contributed by atoms with E-state index in [1.807, 2.05) is 36.4 Å². The summed E-state index contributed by atoms with van der Waals surface area (Å²) in [5, 5.41) is 2.79. The average molecular weight is 367 g/mol. The van der Waals surface area contributed by atoms with E-state index in [-0.39, 0.29) is 10.8 Å². The third kappa shape index (κ3) is 4.29. The second-order valence-electron chi connectivity index (χ2n) is 5.66. The van der Waals surface area contributed by atoms with Gasteiger partial charge in [0.2, 0.25) is 0 Å². The van der Waals surface area contributed by atoms with Crippen LogP contribution >= 0.6 is 0 Å². The molecule has 0 saturated heterocycles. The minimum absolute atomic E-state index is 0.168. The van der Waals surface area contributed by atoms with Gasteiger partial charge >= 0.3 is 0 Å². The first-order chi connectivity index (χ1) is 12.4. The van der Waals surface area contributed by atoms with Crippen LogP contribution in [0, 0.1) is 0 Å². The molecule has 0 aliphatic carbocycles. The molecule has 5 nitrogen and oxygen atoms in total. The van der Waals surface area contributed by atoms with Crippen molar-refractivity contribution in [1.29, 1.82) is 0 Å². The number of carbonyl (C=O) groups is 1. The smallest absolute Gasteiger partial charge is 0.255 e. The van der Waals surface area contributed by atoms with Gasteiger partial charge in [-0.25, -0.2) is 8.42 Å². The summed E-state index contributed by atoms with van der Waals surface area (Å²) in [6.45, 7) is 0. The van der Waals surface area contributed by atoms with Crippen molar-refractivity contribution in [3.63, 3.8) is 0 Å². The Bertz CT molecular complexity index is 1010. The zero-order valence-corrected chi connectivity index (χ0v) is 14.9. The van der Waals surface area contributed by atoms with Gasteiger partial charge in [0.15, 0.2) is 15.6 Å². The van der Waals surface area contributed by atoms with Gasteiger partial charge in [-0.05, 0) is 48.5 Å². The quantitative estimate of drug-likeness (QED) is 0.736. The van der Waals surface area contributed by atoms with Gasteiger partial charge < -0.3 is 10.1 Å². The van der Waals surface area contributed by atoms with Crippen LogP contribution in [0.25, 0.3) is 0 Å². The molecular weight excluding hydrogens is 350 g/mol. The fourth-order valence-corrected chi connectivity index (χ4v) is 2.95. The number of para-hydroxylation sites is 3. The molecule has 0 saturated carbocycles. The third-order valence-electron chi connectivity index (χ3n) is 3.65. The first kappa shape index (κ1) is 17.7. The molecule has 0 fully saturated rings. The normalized spacial score (nSPS) is 11.0. The molecule has 0 aliphatic rings. The van der Waals surface area contributed by atoms with Gasteiger partial charge in [0.1, 0.15) is 5.75 Å². The largest absolute Gasteiger partial charge is 0.455 e. The van der Waals surface area contributed by atoms with Crippen LogP contribution in [-0.4, -0.2) is 20.6 Å². The van der Waals surface area contributed by atoms with Crippen LogP contribution in [0.4, 0.5) is 5.69 Å². The van der Waals surface area contributed by atoms with Crippen molar-refractivity contribution in [2.45, 2.75) is 4.90 Å². The first-order valence-electron chi connectivity index (χ1n) is 7.87. The Morgan fingerprint density at radius 1 is 0.846 bits per heavy atom. The van der Waals surface area contributed by atoms with Gasteiger partial charge in [-0.15, -0.1) is 0 Å². The number of ether oxygens (including phenoxy) is 1. The Morgan fingerprint density at radius 3 is 2.12 bits per heavy atom. The summed E-state index contributed by atoms with van der Waals surface area (Å²) in [6.07, 6.45) is 1.12. The fourth-order valence-electron chi connectivity index (χ4n) is 2.32. The Morgan fingerprint density at radius 2 is 1.46 bits per heavy atom. The summed E-state index contributed by atoms with van der Waals surface area (Å²) >= 11 is 0. The zero-order valence-electron chi connectivity index (χ0n) is 14.0. The maximum atomic E-state index is 12.5. The summed E-state index contributed by atoms with van der Waals surface area (Å²) in [7, 11) is -3.30. The summed E-state index contributed by atoms with van der Waals surface area (Å²) in [4.78, 5) is 12.6. The lowest BCUT2D eigenvalue weighted by molar-refractivity contribution is 0.102. The molecule has 0 bridgehead atoms. The molecule has 3 aromatic rings. The molecule has 3 aromatic carbocycles. The number of anilines is 1. The minimum Gasteiger partial charge on any atom is -0.455 e. The topological polar surface area (TPSA) is 72.5 Å². The molecule has 0 aliphatic heterocycles. The predicted octanol–water partition coefficient (Wildman–Crippen LogP) is 4.13. The summed E-state index contributed by atoms with van der Waals surface area (Å²) in [5.41, 5.74) is 0.875. The van der Waals surface area contributed by atoms with Crippen LogP contribution < -0.4 is 10.1 Å². The summed E-state index contributed by atoms with van der Waals surface area (Å²) in [6, 6.07) is 22.1. The molecule has 0 aromatic heterocycles. The van der Waals surface area contributed by atoms with Crippen molar-refractivity contribution in [1.82, 2.24) is 0 Å². The van der Waals surface area contributed by atoms with E-state index in [1.165, 1.54) is 24.3 Å². The number of rotatable bonds is 5. The first-order valence-corrected chi connectivity index (χ1v) is 9.76. The van der Waals surface area contributed by atoms with Gasteiger partial charge in [0.05, 0.1) is 10.6 Å². The molecule has 6 heteroatoms. The number of hydrogen-bond donors (Lipinski definition) is 1. The Hall–Kier alpha value is -3.12. The SMILES string of the molecule is CS(=O)(=O)c1ccc(C(=O)Nc2ccccc2Oc2ccccc2)cc1. The standard InChI is InChI=1S/C20H17NO4S/c1-26(23,24)17-13-11-15(12-14-17)20(22)21-18-9-5-6-10-19(18)25-16-7-3-2-4-8-16/h2-14H,1H3,(H,21,22). The van der Waals surface area contributed by atoms with E-state index in [0.717, 1.165) is 6.26 Å². The average Bonchev–Trinajstić information content (AvgIpc) is 2.63.